The summed E-state index contributed by atoms with van der Waals surface area (Å²) in [6.07, 6.45) is 3.71. The Kier molecular flexibility index (Phi) is 7.91. The Morgan fingerprint density at radius 1 is 1.11 bits per heavy atom. The van der Waals surface area contributed by atoms with Crippen LogP contribution in [0.3, 0.4) is 0 Å². The molecule has 2 aliphatic rings. The number of hydrogen-bond acceptors (Lipinski definition) is 7. The minimum absolute atomic E-state index is 0.0608. The molecule has 2 N–H and O–H groups in total. The highest BCUT2D eigenvalue weighted by atomic mass is 16.5. The molecule has 0 saturated carbocycles. The van der Waals surface area contributed by atoms with Gasteiger partial charge in [-0.15, -0.1) is 0 Å². The summed E-state index contributed by atoms with van der Waals surface area (Å²) in [5, 5.41) is 10.1. The summed E-state index contributed by atoms with van der Waals surface area (Å²) >= 11 is 0. The van der Waals surface area contributed by atoms with Gasteiger partial charge in [0.1, 0.15) is 0 Å². The fraction of sp³-hybridized carbons (Fsp3) is 0.429. The summed E-state index contributed by atoms with van der Waals surface area (Å²) in [7, 11) is 0. The number of aryl methyl sites for hydroxylation is 1. The Bertz CT molecular complexity index is 1240. The number of anilines is 1. The molecule has 0 spiro atoms. The Hall–Kier alpha value is -3.56. The van der Waals surface area contributed by atoms with Crippen LogP contribution >= 0.6 is 0 Å². The van der Waals surface area contributed by atoms with Gasteiger partial charge in [-0.1, -0.05) is 41.1 Å². The number of aromatic nitrogens is 2. The molecule has 3 aromatic rings. The number of rotatable bonds is 8. The van der Waals surface area contributed by atoms with Gasteiger partial charge in [-0.3, -0.25) is 14.5 Å². The summed E-state index contributed by atoms with van der Waals surface area (Å²) in [5.41, 5.74) is 3.03. The van der Waals surface area contributed by atoms with Gasteiger partial charge in [0.05, 0.1) is 29.8 Å². The monoisotopic (exact) mass is 503 g/mol. The van der Waals surface area contributed by atoms with E-state index in [1.54, 1.807) is 18.2 Å². The summed E-state index contributed by atoms with van der Waals surface area (Å²) in [4.78, 5) is 32.7. The maximum absolute atomic E-state index is 13.2. The second-order valence-corrected chi connectivity index (χ2v) is 9.84. The van der Waals surface area contributed by atoms with Crippen molar-refractivity contribution in [2.24, 2.45) is 5.92 Å². The largest absolute Gasteiger partial charge is 0.376 e. The third-order valence-corrected chi connectivity index (χ3v) is 6.92. The zero-order chi connectivity index (χ0) is 25.6. The topological polar surface area (TPSA) is 110 Å². The second kappa shape index (κ2) is 11.7. The zero-order valence-electron chi connectivity index (χ0n) is 21.1. The van der Waals surface area contributed by atoms with E-state index in [4.69, 9.17) is 9.26 Å². The highest BCUT2D eigenvalue weighted by Gasteiger charge is 2.28. The molecule has 0 bridgehead atoms. The SMILES string of the molecule is Cc1cccc(-c2noc(CN3CCCC(C(=O)Nc4ccccc4C(=O)NCC4CCCO4)C3)n2)c1. The molecule has 37 heavy (non-hydrogen) atoms. The number of ether oxygens (including phenoxy) is 1. The van der Waals surface area contributed by atoms with Crippen LogP contribution in [0.15, 0.2) is 53.1 Å². The maximum atomic E-state index is 13.2. The fourth-order valence-corrected chi connectivity index (χ4v) is 4.96. The van der Waals surface area contributed by atoms with Gasteiger partial charge < -0.3 is 19.9 Å². The molecule has 2 aromatic carbocycles. The summed E-state index contributed by atoms with van der Waals surface area (Å²) < 4.78 is 11.1. The van der Waals surface area contributed by atoms with Gasteiger partial charge in [-0.25, -0.2) is 0 Å². The molecule has 2 fully saturated rings. The third-order valence-electron chi connectivity index (χ3n) is 6.92. The van der Waals surface area contributed by atoms with Gasteiger partial charge in [0, 0.05) is 25.3 Å². The summed E-state index contributed by atoms with van der Waals surface area (Å²) in [5.74, 6) is 0.605. The third kappa shape index (κ3) is 6.42. The van der Waals surface area contributed by atoms with E-state index in [1.165, 1.54) is 0 Å². The van der Waals surface area contributed by atoms with Crippen molar-refractivity contribution in [2.75, 3.05) is 31.6 Å². The molecule has 3 heterocycles. The van der Waals surface area contributed by atoms with Crippen molar-refractivity contribution >= 4 is 17.5 Å². The van der Waals surface area contributed by atoms with Crippen LogP contribution in [0.2, 0.25) is 0 Å². The average molecular weight is 504 g/mol. The number of carbonyl (C=O) groups excluding carboxylic acids is 2. The molecule has 194 valence electrons. The van der Waals surface area contributed by atoms with Crippen LogP contribution in [0.25, 0.3) is 11.4 Å². The number of amides is 2. The van der Waals surface area contributed by atoms with Crippen molar-refractivity contribution in [3.63, 3.8) is 0 Å². The van der Waals surface area contributed by atoms with Gasteiger partial charge in [0.15, 0.2) is 0 Å². The predicted molar refractivity (Wildman–Crippen MR) is 139 cm³/mol. The van der Waals surface area contributed by atoms with Crippen LogP contribution in [-0.2, 0) is 16.1 Å². The van der Waals surface area contributed by atoms with Gasteiger partial charge in [0.2, 0.25) is 17.6 Å². The number of piperidine rings is 1. The number of likely N-dealkylation sites (tertiary alicyclic amines) is 1. The van der Waals surface area contributed by atoms with E-state index in [0.29, 0.717) is 42.6 Å². The van der Waals surface area contributed by atoms with Crippen LogP contribution < -0.4 is 10.6 Å². The highest BCUT2D eigenvalue weighted by molar-refractivity contribution is 6.04. The van der Waals surface area contributed by atoms with Crippen molar-refractivity contribution in [2.45, 2.75) is 45.3 Å². The van der Waals surface area contributed by atoms with Crippen LogP contribution in [-0.4, -0.2) is 59.2 Å². The lowest BCUT2D eigenvalue weighted by molar-refractivity contribution is -0.121. The van der Waals surface area contributed by atoms with Crippen LogP contribution in [0.1, 0.15) is 47.5 Å². The number of nitrogens with one attached hydrogen (secondary N) is 2. The van der Waals surface area contributed by atoms with E-state index in [0.717, 1.165) is 50.0 Å². The molecule has 2 saturated heterocycles. The van der Waals surface area contributed by atoms with Crippen molar-refractivity contribution < 1.29 is 18.8 Å². The summed E-state index contributed by atoms with van der Waals surface area (Å²) in [6, 6.07) is 15.1. The maximum Gasteiger partial charge on any atom is 0.253 e. The van der Waals surface area contributed by atoms with E-state index < -0.39 is 0 Å². The van der Waals surface area contributed by atoms with E-state index in [2.05, 4.69) is 25.7 Å². The number of benzene rings is 2. The van der Waals surface area contributed by atoms with E-state index in [9.17, 15) is 9.59 Å². The average Bonchev–Trinajstić information content (AvgIpc) is 3.60. The normalized spacial score (nSPS) is 20.0. The molecule has 9 nitrogen and oxygen atoms in total. The quantitative estimate of drug-likeness (QED) is 0.481. The minimum Gasteiger partial charge on any atom is -0.376 e. The molecule has 2 atom stereocenters. The van der Waals surface area contributed by atoms with Gasteiger partial charge >= 0.3 is 0 Å². The Morgan fingerprint density at radius 3 is 2.84 bits per heavy atom. The van der Waals surface area contributed by atoms with Crippen molar-refractivity contribution in [3.05, 3.63) is 65.5 Å². The standard InChI is InChI=1S/C28H33N5O4/c1-19-7-4-8-20(15-19)26-31-25(37-32-26)18-33-13-5-9-21(17-33)27(34)30-24-12-3-2-11-23(24)28(35)29-16-22-10-6-14-36-22/h2-4,7-8,11-12,15,21-22H,5-6,9-10,13-14,16-18H2,1H3,(H,29,35)(H,30,34). The molecule has 2 unspecified atom stereocenters. The molecule has 0 aliphatic carbocycles. The molecular weight excluding hydrogens is 470 g/mol. The van der Waals surface area contributed by atoms with Crippen LogP contribution in [0.5, 0.6) is 0 Å². The number of nitrogens with zero attached hydrogens (tertiary/aromatic N) is 3. The zero-order valence-corrected chi connectivity index (χ0v) is 21.1. The minimum atomic E-state index is -0.211. The highest BCUT2D eigenvalue weighted by Crippen LogP contribution is 2.23. The molecule has 1 aromatic heterocycles. The van der Waals surface area contributed by atoms with Crippen molar-refractivity contribution in [1.29, 1.82) is 0 Å². The van der Waals surface area contributed by atoms with Crippen LogP contribution in [0.4, 0.5) is 5.69 Å². The first-order chi connectivity index (χ1) is 18.0. The Labute approximate surface area is 216 Å². The van der Waals surface area contributed by atoms with Gasteiger partial charge in [-0.05, 0) is 57.4 Å². The lowest BCUT2D eigenvalue weighted by Crippen LogP contribution is -2.40. The number of hydrogen-bond donors (Lipinski definition) is 2. The van der Waals surface area contributed by atoms with Gasteiger partial charge in [-0.2, -0.15) is 4.98 Å². The van der Waals surface area contributed by atoms with E-state index >= 15 is 0 Å². The molecule has 9 heteroatoms. The van der Waals surface area contributed by atoms with E-state index in [1.807, 2.05) is 37.3 Å². The predicted octanol–water partition coefficient (Wildman–Crippen LogP) is 3.80. The molecule has 2 amide bonds. The first-order valence-corrected chi connectivity index (χ1v) is 13.0. The fourth-order valence-electron chi connectivity index (χ4n) is 4.96. The lowest BCUT2D eigenvalue weighted by atomic mass is 9.96. The summed E-state index contributed by atoms with van der Waals surface area (Å²) in [6.45, 7) is 5.17. The molecule has 5 rings (SSSR count). The number of para-hydroxylation sites is 1. The second-order valence-electron chi connectivity index (χ2n) is 9.84. The van der Waals surface area contributed by atoms with Crippen molar-refractivity contribution in [3.8, 4) is 11.4 Å². The lowest BCUT2D eigenvalue weighted by Gasteiger charge is -2.31. The first-order valence-electron chi connectivity index (χ1n) is 13.0. The number of carbonyl (C=O) groups is 2. The first kappa shape index (κ1) is 25.1. The van der Waals surface area contributed by atoms with Crippen molar-refractivity contribution in [1.82, 2.24) is 20.4 Å². The van der Waals surface area contributed by atoms with Gasteiger partial charge in [0.25, 0.3) is 5.91 Å². The van der Waals surface area contributed by atoms with Crippen LogP contribution in [0, 0.1) is 12.8 Å². The molecule has 0 radical (unpaired) electrons. The molecule has 2 aliphatic heterocycles. The smallest absolute Gasteiger partial charge is 0.253 e. The Morgan fingerprint density at radius 2 is 2.00 bits per heavy atom. The molecular formula is C28H33N5O4. The van der Waals surface area contributed by atoms with E-state index in [-0.39, 0.29) is 23.8 Å². The Balaban J connectivity index is 1.18.